The number of allylic oxidation sites excluding steroid dienone is 1. The van der Waals surface area contributed by atoms with Crippen LogP contribution in [0.25, 0.3) is 0 Å². The Bertz CT molecular complexity index is 616. The lowest BCUT2D eigenvalue weighted by Gasteiger charge is -2.20. The van der Waals surface area contributed by atoms with Crippen molar-refractivity contribution in [1.82, 2.24) is 15.2 Å². The Morgan fingerprint density at radius 2 is 2.42 bits per heavy atom. The van der Waals surface area contributed by atoms with Crippen LogP contribution in [0.15, 0.2) is 36.6 Å². The monoisotopic (exact) mass is 259 g/mol. The normalized spacial score (nSPS) is 26.7. The number of rotatable bonds is 1. The summed E-state index contributed by atoms with van der Waals surface area (Å²) in [5, 5.41) is 2.74. The quantitative estimate of drug-likeness (QED) is 0.816. The highest BCUT2D eigenvalue weighted by molar-refractivity contribution is 5.94. The predicted molar refractivity (Wildman–Crippen MR) is 69.1 cm³/mol. The summed E-state index contributed by atoms with van der Waals surface area (Å²) >= 11 is 0. The van der Waals surface area contributed by atoms with Gasteiger partial charge in [0.25, 0.3) is 5.91 Å². The van der Waals surface area contributed by atoms with Crippen molar-refractivity contribution >= 4 is 11.8 Å². The van der Waals surface area contributed by atoms with Crippen LogP contribution in [-0.2, 0) is 4.79 Å². The minimum absolute atomic E-state index is 0.0417. The molecule has 5 heteroatoms. The number of hydrogen-bond acceptors (Lipinski definition) is 3. The molecule has 1 N–H and O–H groups in total. The maximum absolute atomic E-state index is 12.4. The number of nitrogens with zero attached hydrogens (tertiary/aromatic N) is 2. The highest BCUT2D eigenvalue weighted by Crippen LogP contribution is 2.40. The molecule has 19 heavy (non-hydrogen) atoms. The molecule has 2 fully saturated rings. The number of carbonyl (C=O) groups excluding carboxylic acids is 2. The van der Waals surface area contributed by atoms with Crippen LogP contribution in [0.3, 0.4) is 0 Å². The number of carbonyl (C=O) groups is 2. The summed E-state index contributed by atoms with van der Waals surface area (Å²) < 4.78 is 7.46. The molecule has 1 unspecified atom stereocenters. The second kappa shape index (κ2) is 4.19. The van der Waals surface area contributed by atoms with E-state index in [1.165, 1.54) is 6.07 Å². The van der Waals surface area contributed by atoms with Crippen LogP contribution in [0.2, 0.25) is 0 Å². The van der Waals surface area contributed by atoms with Crippen LogP contribution in [0.1, 0.15) is 24.7 Å². The molecule has 1 aromatic heterocycles. The number of likely N-dealkylation sites (tertiary alicyclic amines) is 1. The molecule has 3 heterocycles. The first kappa shape index (κ1) is 10.7. The van der Waals surface area contributed by atoms with Crippen LogP contribution in [0.4, 0.5) is 0 Å². The number of amides is 2. The fraction of sp³-hybridized carbons (Fsp3) is 0.357. The summed E-state index contributed by atoms with van der Waals surface area (Å²) in [6.07, 6.45) is 1.29. The summed E-state index contributed by atoms with van der Waals surface area (Å²) in [5.41, 5.74) is 0.452. The number of hydrogen-bond donors (Lipinski definition) is 1. The fourth-order valence-electron chi connectivity index (χ4n) is 2.81. The molecule has 3 rings (SSSR count). The summed E-state index contributed by atoms with van der Waals surface area (Å²) in [6.45, 7) is 4.71. The van der Waals surface area contributed by atoms with Gasteiger partial charge in [0, 0.05) is 31.4 Å². The SMILES string of the molecule is [3H]c1cccc(C(=O)N2CCC3(CC(=C)NC3=O)C2)n1. The summed E-state index contributed by atoms with van der Waals surface area (Å²) in [7, 11) is 0. The molecule has 2 aliphatic heterocycles. The van der Waals surface area contributed by atoms with Crippen molar-refractivity contribution in [3.05, 3.63) is 42.3 Å². The number of pyridine rings is 1. The van der Waals surface area contributed by atoms with Crippen LogP contribution in [0.5, 0.6) is 0 Å². The van der Waals surface area contributed by atoms with Gasteiger partial charge < -0.3 is 10.2 Å². The molecular formula is C14H15N3O2. The van der Waals surface area contributed by atoms with Gasteiger partial charge in [-0.2, -0.15) is 0 Å². The molecule has 0 aliphatic carbocycles. The Morgan fingerprint density at radius 1 is 1.58 bits per heavy atom. The maximum atomic E-state index is 12.4. The van der Waals surface area contributed by atoms with E-state index in [2.05, 4.69) is 16.9 Å². The minimum Gasteiger partial charge on any atom is -0.336 e. The third-order valence-electron chi connectivity index (χ3n) is 3.79. The van der Waals surface area contributed by atoms with Gasteiger partial charge >= 0.3 is 0 Å². The molecule has 1 spiro atoms. The largest absolute Gasteiger partial charge is 0.336 e. The van der Waals surface area contributed by atoms with E-state index in [4.69, 9.17) is 1.37 Å². The van der Waals surface area contributed by atoms with Crippen molar-refractivity contribution in [3.8, 4) is 0 Å². The molecule has 0 aromatic carbocycles. The lowest BCUT2D eigenvalue weighted by atomic mass is 9.85. The first-order chi connectivity index (χ1) is 9.50. The summed E-state index contributed by atoms with van der Waals surface area (Å²) in [4.78, 5) is 29.9. The Morgan fingerprint density at radius 3 is 3.11 bits per heavy atom. The van der Waals surface area contributed by atoms with Gasteiger partial charge in [0.15, 0.2) is 0 Å². The van der Waals surface area contributed by atoms with E-state index in [1.54, 1.807) is 17.0 Å². The van der Waals surface area contributed by atoms with E-state index >= 15 is 0 Å². The van der Waals surface area contributed by atoms with E-state index in [-0.39, 0.29) is 23.7 Å². The van der Waals surface area contributed by atoms with Crippen LogP contribution in [0, 0.1) is 5.41 Å². The second-order valence-corrected chi connectivity index (χ2v) is 5.14. The van der Waals surface area contributed by atoms with Gasteiger partial charge in [-0.15, -0.1) is 0 Å². The molecule has 0 saturated carbocycles. The molecule has 1 aromatic rings. The van der Waals surface area contributed by atoms with Crippen molar-refractivity contribution in [2.45, 2.75) is 12.8 Å². The standard InChI is InChI=1S/C14H15N3O2/c1-10-8-14(13(19)16-10)5-7-17(9-14)12(18)11-4-2-3-6-15-11/h2-4,6H,1,5,7-9H2,(H,16,19)/i6T. The zero-order valence-corrected chi connectivity index (χ0v) is 10.5. The van der Waals surface area contributed by atoms with Crippen LogP contribution >= 0.6 is 0 Å². The van der Waals surface area contributed by atoms with Crippen molar-refractivity contribution in [3.63, 3.8) is 0 Å². The van der Waals surface area contributed by atoms with E-state index in [0.717, 1.165) is 5.70 Å². The fourth-order valence-corrected chi connectivity index (χ4v) is 2.81. The average Bonchev–Trinajstić information content (AvgIpc) is 2.94. The number of aromatic nitrogens is 1. The Balaban J connectivity index is 1.79. The molecular weight excluding hydrogens is 242 g/mol. The van der Waals surface area contributed by atoms with Crippen molar-refractivity contribution in [2.24, 2.45) is 5.41 Å². The molecule has 98 valence electrons. The summed E-state index contributed by atoms with van der Waals surface area (Å²) in [6, 6.07) is 4.76. The molecule has 2 saturated heterocycles. The first-order valence-electron chi connectivity index (χ1n) is 6.72. The maximum Gasteiger partial charge on any atom is 0.272 e. The zero-order valence-electron chi connectivity index (χ0n) is 11.5. The summed E-state index contributed by atoms with van der Waals surface area (Å²) in [5.74, 6) is -0.263. The molecule has 2 amide bonds. The van der Waals surface area contributed by atoms with Crippen LogP contribution < -0.4 is 5.32 Å². The van der Waals surface area contributed by atoms with E-state index < -0.39 is 5.41 Å². The van der Waals surface area contributed by atoms with E-state index in [0.29, 0.717) is 25.9 Å². The molecule has 2 aliphatic rings. The third kappa shape index (κ3) is 1.91. The van der Waals surface area contributed by atoms with Crippen molar-refractivity contribution < 1.29 is 11.0 Å². The Hall–Kier alpha value is -2.17. The molecule has 0 radical (unpaired) electrons. The Labute approximate surface area is 112 Å². The Kier molecular flexibility index (Phi) is 2.36. The number of nitrogens with one attached hydrogen (secondary N) is 1. The lowest BCUT2D eigenvalue weighted by Crippen LogP contribution is -2.36. The van der Waals surface area contributed by atoms with Gasteiger partial charge in [0.1, 0.15) is 5.69 Å². The van der Waals surface area contributed by atoms with Gasteiger partial charge in [0.05, 0.1) is 6.79 Å². The van der Waals surface area contributed by atoms with Crippen molar-refractivity contribution in [2.75, 3.05) is 13.1 Å². The zero-order chi connectivity index (χ0) is 14.3. The van der Waals surface area contributed by atoms with Crippen molar-refractivity contribution in [1.29, 1.82) is 0 Å². The third-order valence-corrected chi connectivity index (χ3v) is 3.79. The highest BCUT2D eigenvalue weighted by atomic mass is 16.2. The molecule has 5 nitrogen and oxygen atoms in total. The smallest absolute Gasteiger partial charge is 0.272 e. The average molecular weight is 259 g/mol. The minimum atomic E-state index is -0.523. The van der Waals surface area contributed by atoms with E-state index in [1.807, 2.05) is 0 Å². The van der Waals surface area contributed by atoms with Crippen LogP contribution in [-0.4, -0.2) is 34.8 Å². The first-order valence-corrected chi connectivity index (χ1v) is 6.22. The van der Waals surface area contributed by atoms with Gasteiger partial charge in [-0.3, -0.25) is 14.6 Å². The van der Waals surface area contributed by atoms with Gasteiger partial charge in [0.2, 0.25) is 5.91 Å². The van der Waals surface area contributed by atoms with E-state index in [9.17, 15) is 9.59 Å². The highest BCUT2D eigenvalue weighted by Gasteiger charge is 2.50. The van der Waals surface area contributed by atoms with Gasteiger partial charge in [-0.25, -0.2) is 0 Å². The van der Waals surface area contributed by atoms with Gasteiger partial charge in [-0.05, 0) is 18.6 Å². The molecule has 1 atom stereocenters. The van der Waals surface area contributed by atoms with Gasteiger partial charge in [-0.1, -0.05) is 12.6 Å². The molecule has 0 bridgehead atoms. The lowest BCUT2D eigenvalue weighted by molar-refractivity contribution is -0.126. The second-order valence-electron chi connectivity index (χ2n) is 5.14. The topological polar surface area (TPSA) is 62.3 Å². The predicted octanol–water partition coefficient (Wildman–Crippen LogP) is 0.948.